The van der Waals surface area contributed by atoms with Crippen LogP contribution in [0, 0.1) is 15.9 Å². The summed E-state index contributed by atoms with van der Waals surface area (Å²) in [7, 11) is 1.35. The number of hydrogen-bond donors (Lipinski definition) is 2. The van der Waals surface area contributed by atoms with Crippen LogP contribution in [-0.4, -0.2) is 39.0 Å². The zero-order chi connectivity index (χ0) is 32.6. The van der Waals surface area contributed by atoms with Crippen molar-refractivity contribution in [1.82, 2.24) is 9.97 Å². The Kier molecular flexibility index (Phi) is 9.43. The minimum Gasteiger partial charge on any atom is -0.490 e. The normalized spacial score (nSPS) is 11.2. The monoisotopic (exact) mass is 619 g/mol. The number of methoxy groups -OCH3 is 1. The third kappa shape index (κ3) is 7.40. The molecule has 0 spiro atoms. The van der Waals surface area contributed by atoms with Gasteiger partial charge >= 0.3 is 17.6 Å². The molecule has 0 aliphatic heterocycles. The molecule has 0 saturated carbocycles. The zero-order valence-electron chi connectivity index (χ0n) is 24.3. The minimum atomic E-state index is -1.07. The predicted molar refractivity (Wildman–Crippen MR) is 170 cm³/mol. The van der Waals surface area contributed by atoms with E-state index in [0.29, 0.717) is 39.2 Å². The number of aliphatic carboxylic acids is 1. The van der Waals surface area contributed by atoms with Gasteiger partial charge in [-0.1, -0.05) is 66.7 Å². The molecule has 0 amide bonds. The fourth-order valence-corrected chi connectivity index (χ4v) is 4.61. The fraction of sp³-hybridized carbons (Fsp3) is 0.0571. The quantitative estimate of drug-likeness (QED) is 0.0677. The standard InChI is InChI=1S/C35H26FN3O7/c1-45-29-4-2-3-28(34(29)39(43)44)35-37-32(25-13-5-22(6-14-25)11-19-30(40)41)33(38-35)26-15-7-23(8-16-26)12-20-31(42)46-21-24-9-17-27(36)18-10-24/h2-20H,21H2,1H3,(H,37,38)(H,40,41)/b19-11+,20-12+. The van der Waals surface area contributed by atoms with Crippen molar-refractivity contribution in [1.29, 1.82) is 0 Å². The van der Waals surface area contributed by atoms with Gasteiger partial charge in [0, 0.05) is 23.3 Å². The number of ether oxygens (including phenoxy) is 2. The Hall–Kier alpha value is -6.36. The van der Waals surface area contributed by atoms with Crippen LogP contribution in [0.5, 0.6) is 5.75 Å². The van der Waals surface area contributed by atoms with E-state index in [2.05, 4.69) is 4.98 Å². The maximum Gasteiger partial charge on any atom is 0.331 e. The van der Waals surface area contributed by atoms with Crippen molar-refractivity contribution in [3.05, 3.63) is 136 Å². The number of nitro benzene ring substituents is 1. The van der Waals surface area contributed by atoms with Gasteiger partial charge in [-0.25, -0.2) is 19.0 Å². The Morgan fingerprint density at radius 3 is 2.15 bits per heavy atom. The van der Waals surface area contributed by atoms with Crippen LogP contribution in [-0.2, 0) is 20.9 Å². The number of esters is 1. The SMILES string of the molecule is COc1cccc(-c2nc(-c3ccc(/C=C/C(=O)O)cc3)c(-c3ccc(/C=C/C(=O)OCc4ccc(F)cc4)cc3)[nH]2)c1[N+](=O)[O-]. The minimum absolute atomic E-state index is 0.00953. The number of carbonyl (C=O) groups excluding carboxylic acids is 1. The number of halogens is 1. The number of nitro groups is 1. The summed E-state index contributed by atoms with van der Waals surface area (Å²) in [5, 5.41) is 20.9. The number of carboxylic acid groups (broad SMARTS) is 1. The van der Waals surface area contributed by atoms with Crippen molar-refractivity contribution < 1.29 is 33.5 Å². The molecule has 230 valence electrons. The first-order valence-electron chi connectivity index (χ1n) is 13.8. The molecule has 0 unspecified atom stereocenters. The van der Waals surface area contributed by atoms with Crippen LogP contribution in [0.1, 0.15) is 16.7 Å². The average Bonchev–Trinajstić information content (AvgIpc) is 3.51. The van der Waals surface area contributed by atoms with Crippen LogP contribution in [0.3, 0.4) is 0 Å². The number of aromatic nitrogens is 2. The van der Waals surface area contributed by atoms with Crippen LogP contribution in [0.4, 0.5) is 10.1 Å². The van der Waals surface area contributed by atoms with Crippen LogP contribution in [0.25, 0.3) is 46.1 Å². The fourth-order valence-electron chi connectivity index (χ4n) is 4.61. The third-order valence-corrected chi connectivity index (χ3v) is 6.87. The highest BCUT2D eigenvalue weighted by Crippen LogP contribution is 2.40. The Balaban J connectivity index is 1.45. The van der Waals surface area contributed by atoms with E-state index in [1.807, 2.05) is 12.1 Å². The summed E-state index contributed by atoms with van der Waals surface area (Å²) >= 11 is 0. The highest BCUT2D eigenvalue weighted by Gasteiger charge is 2.25. The molecule has 5 aromatic rings. The van der Waals surface area contributed by atoms with E-state index >= 15 is 0 Å². The van der Waals surface area contributed by atoms with Crippen molar-refractivity contribution in [2.75, 3.05) is 7.11 Å². The van der Waals surface area contributed by atoms with E-state index in [9.17, 15) is 24.1 Å². The smallest absolute Gasteiger partial charge is 0.331 e. The van der Waals surface area contributed by atoms with Crippen molar-refractivity contribution in [2.24, 2.45) is 0 Å². The number of para-hydroxylation sites is 1. The van der Waals surface area contributed by atoms with Gasteiger partial charge in [0.1, 0.15) is 18.2 Å². The number of nitrogens with zero attached hydrogens (tertiary/aromatic N) is 2. The van der Waals surface area contributed by atoms with Crippen LogP contribution in [0.2, 0.25) is 0 Å². The molecular weight excluding hydrogens is 593 g/mol. The zero-order valence-corrected chi connectivity index (χ0v) is 24.3. The molecule has 46 heavy (non-hydrogen) atoms. The second-order valence-electron chi connectivity index (χ2n) is 9.91. The molecule has 0 radical (unpaired) electrons. The molecule has 0 aliphatic carbocycles. The Bertz CT molecular complexity index is 1950. The summed E-state index contributed by atoms with van der Waals surface area (Å²) in [4.78, 5) is 42.6. The summed E-state index contributed by atoms with van der Waals surface area (Å²) in [6.45, 7) is 0.00953. The maximum absolute atomic E-state index is 13.1. The lowest BCUT2D eigenvalue weighted by Gasteiger charge is -2.05. The summed E-state index contributed by atoms with van der Waals surface area (Å²) in [6.07, 6.45) is 5.39. The second-order valence-corrected chi connectivity index (χ2v) is 9.91. The highest BCUT2D eigenvalue weighted by molar-refractivity contribution is 5.88. The number of hydrogen-bond acceptors (Lipinski definition) is 7. The molecule has 1 aromatic heterocycles. The molecule has 10 nitrogen and oxygen atoms in total. The molecule has 2 N–H and O–H groups in total. The van der Waals surface area contributed by atoms with Crippen molar-refractivity contribution in [3.8, 4) is 39.7 Å². The van der Waals surface area contributed by atoms with E-state index in [4.69, 9.17) is 19.6 Å². The lowest BCUT2D eigenvalue weighted by atomic mass is 10.0. The molecule has 0 aliphatic rings. The van der Waals surface area contributed by atoms with Gasteiger partial charge in [-0.3, -0.25) is 10.1 Å². The van der Waals surface area contributed by atoms with Crippen LogP contribution >= 0.6 is 0 Å². The van der Waals surface area contributed by atoms with Crippen molar-refractivity contribution in [3.63, 3.8) is 0 Å². The van der Waals surface area contributed by atoms with Crippen LogP contribution < -0.4 is 4.74 Å². The van der Waals surface area contributed by atoms with Crippen molar-refractivity contribution in [2.45, 2.75) is 6.61 Å². The second kappa shape index (κ2) is 14.0. The van der Waals surface area contributed by atoms with Gasteiger partial charge in [-0.05, 0) is 53.1 Å². The van der Waals surface area contributed by atoms with E-state index in [-0.39, 0.29) is 35.2 Å². The Morgan fingerprint density at radius 2 is 1.54 bits per heavy atom. The van der Waals surface area contributed by atoms with E-state index in [1.54, 1.807) is 54.6 Å². The number of imidazole rings is 1. The average molecular weight is 620 g/mol. The van der Waals surface area contributed by atoms with E-state index in [1.165, 1.54) is 49.6 Å². The highest BCUT2D eigenvalue weighted by atomic mass is 19.1. The van der Waals surface area contributed by atoms with E-state index in [0.717, 1.165) is 6.08 Å². The number of H-pyrrole nitrogens is 1. The predicted octanol–water partition coefficient (Wildman–Crippen LogP) is 7.32. The third-order valence-electron chi connectivity index (χ3n) is 6.87. The lowest BCUT2D eigenvalue weighted by Crippen LogP contribution is -2.00. The maximum atomic E-state index is 13.1. The van der Waals surface area contributed by atoms with Crippen LogP contribution in [0.15, 0.2) is 103 Å². The Labute approximate surface area is 262 Å². The summed E-state index contributed by atoms with van der Waals surface area (Å²) in [6, 6.07) is 24.6. The molecule has 4 aromatic carbocycles. The number of carboxylic acids is 1. The summed E-state index contributed by atoms with van der Waals surface area (Å²) < 4.78 is 23.5. The molecule has 11 heteroatoms. The number of carbonyl (C=O) groups is 2. The molecule has 5 rings (SSSR count). The molecule has 0 atom stereocenters. The van der Waals surface area contributed by atoms with Gasteiger partial charge in [0.15, 0.2) is 5.75 Å². The molecular formula is C35H26FN3O7. The molecule has 1 heterocycles. The first kappa shape index (κ1) is 31.1. The number of rotatable bonds is 11. The van der Waals surface area contributed by atoms with Gasteiger partial charge in [-0.15, -0.1) is 0 Å². The molecule has 0 bridgehead atoms. The number of nitrogens with one attached hydrogen (secondary N) is 1. The van der Waals surface area contributed by atoms with Gasteiger partial charge < -0.3 is 19.6 Å². The molecule has 0 fully saturated rings. The van der Waals surface area contributed by atoms with Gasteiger partial charge in [0.2, 0.25) is 0 Å². The van der Waals surface area contributed by atoms with Crippen molar-refractivity contribution >= 4 is 29.8 Å². The first-order chi connectivity index (χ1) is 22.2. The topological polar surface area (TPSA) is 145 Å². The Morgan fingerprint density at radius 1 is 0.913 bits per heavy atom. The molecule has 0 saturated heterocycles. The number of benzene rings is 4. The van der Waals surface area contributed by atoms with Gasteiger partial charge in [0.05, 0.1) is 29.0 Å². The summed E-state index contributed by atoms with van der Waals surface area (Å²) in [5.41, 5.74) is 4.51. The largest absolute Gasteiger partial charge is 0.490 e. The van der Waals surface area contributed by atoms with Gasteiger partial charge in [-0.2, -0.15) is 0 Å². The van der Waals surface area contributed by atoms with E-state index < -0.39 is 16.9 Å². The first-order valence-corrected chi connectivity index (χ1v) is 13.8. The lowest BCUT2D eigenvalue weighted by molar-refractivity contribution is -0.385. The summed E-state index contributed by atoms with van der Waals surface area (Å²) in [5.74, 6) is -1.66. The number of aromatic amines is 1. The van der Waals surface area contributed by atoms with Gasteiger partial charge in [0.25, 0.3) is 0 Å².